The first-order valence-corrected chi connectivity index (χ1v) is 9.37. The maximum Gasteiger partial charge on any atom is 0.240 e. The molecule has 7 heteroatoms. The van der Waals surface area contributed by atoms with Crippen LogP contribution in [0.3, 0.4) is 0 Å². The number of likely N-dealkylation sites (tertiary alicyclic amines) is 1. The van der Waals surface area contributed by atoms with E-state index >= 15 is 0 Å². The molecule has 7 nitrogen and oxygen atoms in total. The van der Waals surface area contributed by atoms with Crippen molar-refractivity contribution in [1.29, 1.82) is 0 Å². The first kappa shape index (κ1) is 17.1. The number of hydrogen-bond acceptors (Lipinski definition) is 6. The van der Waals surface area contributed by atoms with E-state index in [2.05, 4.69) is 34.3 Å². The molecule has 2 aromatic heterocycles. The third kappa shape index (κ3) is 3.62. The Hall–Kier alpha value is -2.28. The Balaban J connectivity index is 1.47. The van der Waals surface area contributed by atoms with Crippen LogP contribution in [0, 0.1) is 5.92 Å². The molecule has 1 aliphatic carbocycles. The number of pyridine rings is 1. The van der Waals surface area contributed by atoms with Gasteiger partial charge in [0.05, 0.1) is 12.6 Å². The predicted molar refractivity (Wildman–Crippen MR) is 94.9 cm³/mol. The quantitative estimate of drug-likeness (QED) is 0.820. The summed E-state index contributed by atoms with van der Waals surface area (Å²) in [7, 11) is 0. The fraction of sp³-hybridized carbons (Fsp3) is 0.579. The number of nitrogens with zero attached hydrogens (tertiary/aromatic N) is 4. The third-order valence-electron chi connectivity index (χ3n) is 4.95. The fourth-order valence-electron chi connectivity index (χ4n) is 3.69. The molecule has 1 aliphatic heterocycles. The lowest BCUT2D eigenvalue weighted by Gasteiger charge is -2.28. The van der Waals surface area contributed by atoms with Crippen molar-refractivity contribution in [3.05, 3.63) is 41.8 Å². The lowest BCUT2D eigenvalue weighted by Crippen LogP contribution is -2.37. The third-order valence-corrected chi connectivity index (χ3v) is 4.95. The molecule has 1 saturated heterocycles. The fourth-order valence-corrected chi connectivity index (χ4v) is 3.69. The number of carbonyl (C=O) groups excluding carboxylic acids is 1. The van der Waals surface area contributed by atoms with Gasteiger partial charge in [0, 0.05) is 37.3 Å². The van der Waals surface area contributed by atoms with E-state index in [1.54, 1.807) is 6.20 Å². The molecule has 0 spiro atoms. The van der Waals surface area contributed by atoms with Gasteiger partial charge in [-0.05, 0) is 30.4 Å². The Morgan fingerprint density at radius 2 is 2.23 bits per heavy atom. The van der Waals surface area contributed by atoms with E-state index in [4.69, 9.17) is 4.52 Å². The summed E-state index contributed by atoms with van der Waals surface area (Å²) >= 11 is 0. The molecule has 0 bridgehead atoms. The van der Waals surface area contributed by atoms with E-state index in [1.165, 1.54) is 0 Å². The van der Waals surface area contributed by atoms with E-state index in [9.17, 15) is 4.79 Å². The highest BCUT2D eigenvalue weighted by atomic mass is 16.5. The normalized spacial score (nSPS) is 23.2. The van der Waals surface area contributed by atoms with Gasteiger partial charge in [-0.15, -0.1) is 0 Å². The van der Waals surface area contributed by atoms with Crippen molar-refractivity contribution < 1.29 is 9.32 Å². The minimum Gasteiger partial charge on any atom is -0.338 e. The summed E-state index contributed by atoms with van der Waals surface area (Å²) in [5.41, 5.74) is 1.08. The van der Waals surface area contributed by atoms with Gasteiger partial charge < -0.3 is 14.7 Å². The second-order valence-electron chi connectivity index (χ2n) is 7.66. The Morgan fingerprint density at radius 3 is 2.92 bits per heavy atom. The summed E-state index contributed by atoms with van der Waals surface area (Å²) in [5.74, 6) is 2.01. The molecule has 3 heterocycles. The van der Waals surface area contributed by atoms with Crippen LogP contribution >= 0.6 is 0 Å². The molecule has 1 N–H and O–H groups in total. The van der Waals surface area contributed by atoms with Crippen LogP contribution in [-0.4, -0.2) is 38.0 Å². The van der Waals surface area contributed by atoms with E-state index < -0.39 is 0 Å². The number of rotatable bonds is 7. The summed E-state index contributed by atoms with van der Waals surface area (Å²) in [4.78, 5) is 23.3. The van der Waals surface area contributed by atoms with Crippen molar-refractivity contribution in [2.24, 2.45) is 5.92 Å². The van der Waals surface area contributed by atoms with Crippen LogP contribution < -0.4 is 5.32 Å². The monoisotopic (exact) mass is 355 g/mol. The maximum atomic E-state index is 12.6. The van der Waals surface area contributed by atoms with Crippen molar-refractivity contribution >= 4 is 5.91 Å². The molecule has 0 aromatic carbocycles. The number of aromatic nitrogens is 3. The Bertz CT molecular complexity index is 756. The van der Waals surface area contributed by atoms with Crippen LogP contribution in [0.15, 0.2) is 29.0 Å². The Kier molecular flexibility index (Phi) is 4.72. The van der Waals surface area contributed by atoms with Gasteiger partial charge in [0.15, 0.2) is 5.82 Å². The Labute approximate surface area is 153 Å². The zero-order chi connectivity index (χ0) is 18.1. The van der Waals surface area contributed by atoms with E-state index in [0.717, 1.165) is 30.7 Å². The summed E-state index contributed by atoms with van der Waals surface area (Å²) in [6.45, 7) is 4.73. The van der Waals surface area contributed by atoms with Crippen LogP contribution in [0.1, 0.15) is 56.4 Å². The molecule has 1 saturated carbocycles. The first-order chi connectivity index (χ1) is 12.6. The van der Waals surface area contributed by atoms with Gasteiger partial charge in [-0.3, -0.25) is 9.78 Å². The van der Waals surface area contributed by atoms with E-state index in [1.807, 2.05) is 23.2 Å². The van der Waals surface area contributed by atoms with E-state index in [-0.39, 0.29) is 18.0 Å². The van der Waals surface area contributed by atoms with Crippen molar-refractivity contribution in [2.45, 2.75) is 64.2 Å². The van der Waals surface area contributed by atoms with Crippen LogP contribution in [0.25, 0.3) is 0 Å². The molecule has 2 fully saturated rings. The van der Waals surface area contributed by atoms with Gasteiger partial charge in [-0.25, -0.2) is 0 Å². The second kappa shape index (κ2) is 7.15. The lowest BCUT2D eigenvalue weighted by molar-refractivity contribution is -0.129. The van der Waals surface area contributed by atoms with Crippen LogP contribution in [0.5, 0.6) is 0 Å². The molecule has 138 valence electrons. The second-order valence-corrected chi connectivity index (χ2v) is 7.66. The summed E-state index contributed by atoms with van der Waals surface area (Å²) in [5, 5.41) is 7.50. The standard InChI is InChI=1S/C19H25N5O2/c1-12(2)8-16-22-17(26-23-16)11-21-15-9-18(25)24(14-5-6-14)19(15)13-4-3-7-20-10-13/h3-4,7,10,12,14-15,19,21H,5-6,8-9,11H2,1-2H3/t15-,19+/m1/s1. The summed E-state index contributed by atoms with van der Waals surface area (Å²) in [6.07, 6.45) is 7.11. The number of hydrogen-bond donors (Lipinski definition) is 1. The molecule has 0 radical (unpaired) electrons. The molecular weight excluding hydrogens is 330 g/mol. The van der Waals surface area contributed by atoms with Crippen LogP contribution in [0.4, 0.5) is 0 Å². The number of carbonyl (C=O) groups is 1. The van der Waals surface area contributed by atoms with Gasteiger partial charge in [0.1, 0.15) is 0 Å². The van der Waals surface area contributed by atoms with E-state index in [0.29, 0.717) is 30.8 Å². The highest BCUT2D eigenvalue weighted by Gasteiger charge is 2.47. The Morgan fingerprint density at radius 1 is 1.38 bits per heavy atom. The molecule has 26 heavy (non-hydrogen) atoms. The van der Waals surface area contributed by atoms with Crippen molar-refractivity contribution in [2.75, 3.05) is 0 Å². The zero-order valence-corrected chi connectivity index (χ0v) is 15.3. The van der Waals surface area contributed by atoms with Gasteiger partial charge in [-0.1, -0.05) is 25.1 Å². The first-order valence-electron chi connectivity index (χ1n) is 9.37. The largest absolute Gasteiger partial charge is 0.338 e. The number of nitrogens with one attached hydrogen (secondary N) is 1. The van der Waals surface area contributed by atoms with Gasteiger partial charge in [0.25, 0.3) is 0 Å². The van der Waals surface area contributed by atoms with Gasteiger partial charge in [0.2, 0.25) is 11.8 Å². The topological polar surface area (TPSA) is 84.2 Å². The molecule has 4 rings (SSSR count). The highest BCUT2D eigenvalue weighted by Crippen LogP contribution is 2.41. The zero-order valence-electron chi connectivity index (χ0n) is 15.3. The van der Waals surface area contributed by atoms with Crippen molar-refractivity contribution in [3.63, 3.8) is 0 Å². The van der Waals surface area contributed by atoms with Crippen LogP contribution in [-0.2, 0) is 17.8 Å². The smallest absolute Gasteiger partial charge is 0.240 e. The predicted octanol–water partition coefficient (Wildman–Crippen LogP) is 2.26. The minimum absolute atomic E-state index is 0.0155. The van der Waals surface area contributed by atoms with Gasteiger partial charge in [-0.2, -0.15) is 4.98 Å². The average molecular weight is 355 g/mol. The molecule has 2 aromatic rings. The molecule has 0 unspecified atom stereocenters. The molecule has 2 atom stereocenters. The summed E-state index contributed by atoms with van der Waals surface area (Å²) in [6, 6.07) is 4.39. The average Bonchev–Trinajstić information content (AvgIpc) is 3.27. The van der Waals surface area contributed by atoms with Crippen LogP contribution in [0.2, 0.25) is 0 Å². The van der Waals surface area contributed by atoms with Gasteiger partial charge >= 0.3 is 0 Å². The van der Waals surface area contributed by atoms with Crippen molar-refractivity contribution in [1.82, 2.24) is 25.3 Å². The number of amides is 1. The SMILES string of the molecule is CC(C)Cc1noc(CN[C@@H]2CC(=O)N(C3CC3)[C@H]2c2cccnc2)n1. The van der Waals surface area contributed by atoms with Crippen molar-refractivity contribution in [3.8, 4) is 0 Å². The summed E-state index contributed by atoms with van der Waals surface area (Å²) < 4.78 is 5.35. The molecular formula is C19H25N5O2. The molecule has 2 aliphatic rings. The minimum atomic E-state index is 0.0155. The lowest BCUT2D eigenvalue weighted by atomic mass is 10.0. The molecule has 1 amide bonds. The highest BCUT2D eigenvalue weighted by molar-refractivity contribution is 5.81. The maximum absolute atomic E-state index is 12.6.